The Morgan fingerprint density at radius 1 is 1.00 bits per heavy atom. The van der Waals surface area contributed by atoms with Gasteiger partial charge in [0.1, 0.15) is 12.4 Å². The number of ether oxygens (including phenoxy) is 2. The van der Waals surface area contributed by atoms with Crippen LogP contribution < -0.4 is 10.1 Å². The van der Waals surface area contributed by atoms with Crippen molar-refractivity contribution in [3.63, 3.8) is 0 Å². The van der Waals surface area contributed by atoms with Crippen LogP contribution in [0.15, 0.2) is 54.6 Å². The quantitative estimate of drug-likeness (QED) is 0.775. The predicted octanol–water partition coefficient (Wildman–Crippen LogP) is 3.88. The Morgan fingerprint density at radius 2 is 1.80 bits per heavy atom. The minimum atomic E-state index is 0.255. The molecule has 3 nitrogen and oxygen atoms in total. The summed E-state index contributed by atoms with van der Waals surface area (Å²) < 4.78 is 10.6. The molecule has 20 heavy (non-hydrogen) atoms. The Kier molecular flexibility index (Phi) is 5.44. The first-order valence-corrected chi connectivity index (χ1v) is 6.83. The molecule has 0 aliphatic heterocycles. The molecule has 0 aromatic heterocycles. The summed E-state index contributed by atoms with van der Waals surface area (Å²) in [6.45, 7) is 3.31. The first-order chi connectivity index (χ1) is 9.79. The van der Waals surface area contributed by atoms with Crippen molar-refractivity contribution >= 4 is 5.69 Å². The molecule has 2 aromatic rings. The van der Waals surface area contributed by atoms with Gasteiger partial charge in [0.25, 0.3) is 0 Å². The Morgan fingerprint density at radius 3 is 2.55 bits per heavy atom. The van der Waals surface area contributed by atoms with E-state index in [2.05, 4.69) is 36.5 Å². The third-order valence-corrected chi connectivity index (χ3v) is 3.07. The fourth-order valence-corrected chi connectivity index (χ4v) is 1.99. The Bertz CT molecular complexity index is 513. The molecule has 0 saturated carbocycles. The molecule has 0 radical (unpaired) electrons. The third kappa shape index (κ3) is 4.28. The van der Waals surface area contributed by atoms with Crippen LogP contribution in [0.4, 0.5) is 5.69 Å². The van der Waals surface area contributed by atoms with E-state index in [1.807, 2.05) is 30.3 Å². The molecule has 2 aromatic carbocycles. The summed E-state index contributed by atoms with van der Waals surface area (Å²) in [5.41, 5.74) is 2.31. The van der Waals surface area contributed by atoms with E-state index in [0.29, 0.717) is 13.2 Å². The fraction of sp³-hybridized carbons (Fsp3) is 0.294. The highest BCUT2D eigenvalue weighted by atomic mass is 16.5. The summed E-state index contributed by atoms with van der Waals surface area (Å²) in [7, 11) is 1.67. The second-order valence-electron chi connectivity index (χ2n) is 4.65. The molecule has 2 rings (SSSR count). The van der Waals surface area contributed by atoms with E-state index in [0.717, 1.165) is 11.4 Å². The largest absolute Gasteiger partial charge is 0.491 e. The number of hydrogen-bond donors (Lipinski definition) is 1. The average Bonchev–Trinajstić information content (AvgIpc) is 2.49. The third-order valence-electron chi connectivity index (χ3n) is 3.07. The number of nitrogens with one attached hydrogen (secondary N) is 1. The molecule has 0 amide bonds. The van der Waals surface area contributed by atoms with Crippen LogP contribution in [0.25, 0.3) is 0 Å². The average molecular weight is 271 g/mol. The molecule has 1 atom stereocenters. The summed E-state index contributed by atoms with van der Waals surface area (Å²) in [6, 6.07) is 18.6. The summed E-state index contributed by atoms with van der Waals surface area (Å²) >= 11 is 0. The second-order valence-corrected chi connectivity index (χ2v) is 4.65. The van der Waals surface area contributed by atoms with Gasteiger partial charge in [0, 0.05) is 24.9 Å². The molecule has 0 saturated heterocycles. The highest BCUT2D eigenvalue weighted by Gasteiger charge is 2.05. The van der Waals surface area contributed by atoms with Gasteiger partial charge in [-0.3, -0.25) is 0 Å². The van der Waals surface area contributed by atoms with Gasteiger partial charge in [-0.1, -0.05) is 36.4 Å². The van der Waals surface area contributed by atoms with Crippen LogP contribution in [0.5, 0.6) is 5.75 Å². The van der Waals surface area contributed by atoms with Crippen LogP contribution in [-0.2, 0) is 4.74 Å². The first-order valence-electron chi connectivity index (χ1n) is 6.83. The van der Waals surface area contributed by atoms with Gasteiger partial charge in [0.05, 0.1) is 6.61 Å². The molecule has 0 heterocycles. The van der Waals surface area contributed by atoms with E-state index in [1.165, 1.54) is 5.56 Å². The molecule has 3 heteroatoms. The minimum absolute atomic E-state index is 0.255. The lowest BCUT2D eigenvalue weighted by atomic mass is 10.1. The highest BCUT2D eigenvalue weighted by molar-refractivity contribution is 5.49. The molecule has 1 N–H and O–H groups in total. The van der Waals surface area contributed by atoms with E-state index in [1.54, 1.807) is 7.11 Å². The van der Waals surface area contributed by atoms with Gasteiger partial charge in [-0.05, 0) is 24.6 Å². The van der Waals surface area contributed by atoms with Crippen LogP contribution in [0, 0.1) is 0 Å². The highest BCUT2D eigenvalue weighted by Crippen LogP contribution is 2.22. The molecule has 0 aliphatic carbocycles. The zero-order valence-corrected chi connectivity index (χ0v) is 12.0. The maximum absolute atomic E-state index is 5.61. The summed E-state index contributed by atoms with van der Waals surface area (Å²) in [5, 5.41) is 3.48. The van der Waals surface area contributed by atoms with Gasteiger partial charge >= 0.3 is 0 Å². The Labute approximate surface area is 120 Å². The number of methoxy groups -OCH3 is 1. The SMILES string of the molecule is COCCOc1cccc(NC(C)c2ccccc2)c1. The van der Waals surface area contributed by atoms with E-state index in [-0.39, 0.29) is 6.04 Å². The molecule has 1 unspecified atom stereocenters. The van der Waals surface area contributed by atoms with Crippen LogP contribution in [0.1, 0.15) is 18.5 Å². The van der Waals surface area contributed by atoms with E-state index in [4.69, 9.17) is 9.47 Å². The van der Waals surface area contributed by atoms with E-state index < -0.39 is 0 Å². The Hall–Kier alpha value is -2.00. The monoisotopic (exact) mass is 271 g/mol. The van der Waals surface area contributed by atoms with Crippen molar-refractivity contribution in [1.82, 2.24) is 0 Å². The predicted molar refractivity (Wildman–Crippen MR) is 82.3 cm³/mol. The van der Waals surface area contributed by atoms with Crippen molar-refractivity contribution in [2.45, 2.75) is 13.0 Å². The maximum atomic E-state index is 5.61. The molecular weight excluding hydrogens is 250 g/mol. The summed E-state index contributed by atoms with van der Waals surface area (Å²) in [5.74, 6) is 0.854. The topological polar surface area (TPSA) is 30.5 Å². The lowest BCUT2D eigenvalue weighted by molar-refractivity contribution is 0.146. The van der Waals surface area contributed by atoms with Gasteiger partial charge in [-0.25, -0.2) is 0 Å². The standard InChI is InChI=1S/C17H21NO2/c1-14(15-7-4-3-5-8-15)18-16-9-6-10-17(13-16)20-12-11-19-2/h3-10,13-14,18H,11-12H2,1-2H3. The first kappa shape index (κ1) is 14.4. The molecule has 0 bridgehead atoms. The van der Waals surface area contributed by atoms with Gasteiger partial charge in [0.15, 0.2) is 0 Å². The lowest BCUT2D eigenvalue weighted by Gasteiger charge is -2.16. The van der Waals surface area contributed by atoms with Crippen molar-refractivity contribution in [2.75, 3.05) is 25.6 Å². The zero-order chi connectivity index (χ0) is 14.2. The van der Waals surface area contributed by atoms with Gasteiger partial charge in [0.2, 0.25) is 0 Å². The van der Waals surface area contributed by atoms with Crippen LogP contribution in [0.3, 0.4) is 0 Å². The van der Waals surface area contributed by atoms with Crippen LogP contribution >= 0.6 is 0 Å². The van der Waals surface area contributed by atoms with Crippen molar-refractivity contribution in [3.8, 4) is 5.75 Å². The fourth-order valence-electron chi connectivity index (χ4n) is 1.99. The number of hydrogen-bond acceptors (Lipinski definition) is 3. The normalized spacial score (nSPS) is 11.9. The summed E-state index contributed by atoms with van der Waals surface area (Å²) in [6.07, 6.45) is 0. The smallest absolute Gasteiger partial charge is 0.121 e. The van der Waals surface area contributed by atoms with Gasteiger partial charge in [-0.15, -0.1) is 0 Å². The van der Waals surface area contributed by atoms with E-state index >= 15 is 0 Å². The maximum Gasteiger partial charge on any atom is 0.121 e. The molecule has 0 fully saturated rings. The molecule has 0 aliphatic rings. The molecular formula is C17H21NO2. The van der Waals surface area contributed by atoms with E-state index in [9.17, 15) is 0 Å². The number of anilines is 1. The van der Waals surface area contributed by atoms with Gasteiger partial charge in [-0.2, -0.15) is 0 Å². The van der Waals surface area contributed by atoms with Crippen molar-refractivity contribution in [2.24, 2.45) is 0 Å². The molecule has 106 valence electrons. The number of rotatable bonds is 7. The van der Waals surface area contributed by atoms with Crippen molar-refractivity contribution < 1.29 is 9.47 Å². The zero-order valence-electron chi connectivity index (χ0n) is 12.0. The number of benzene rings is 2. The lowest BCUT2D eigenvalue weighted by Crippen LogP contribution is -2.07. The van der Waals surface area contributed by atoms with Crippen LogP contribution in [-0.4, -0.2) is 20.3 Å². The molecule has 0 spiro atoms. The van der Waals surface area contributed by atoms with Crippen LogP contribution in [0.2, 0.25) is 0 Å². The second kappa shape index (κ2) is 7.56. The van der Waals surface area contributed by atoms with Crippen molar-refractivity contribution in [3.05, 3.63) is 60.2 Å². The van der Waals surface area contributed by atoms with Gasteiger partial charge < -0.3 is 14.8 Å². The Balaban J connectivity index is 1.97. The minimum Gasteiger partial charge on any atom is -0.491 e. The summed E-state index contributed by atoms with van der Waals surface area (Å²) in [4.78, 5) is 0. The van der Waals surface area contributed by atoms with Crippen molar-refractivity contribution in [1.29, 1.82) is 0 Å².